The molecule has 0 spiro atoms. The smallest absolute Gasteiger partial charge is 0.328 e. The van der Waals surface area contributed by atoms with Gasteiger partial charge in [0.2, 0.25) is 11.8 Å². The van der Waals surface area contributed by atoms with Gasteiger partial charge in [0.25, 0.3) is 5.69 Å². The van der Waals surface area contributed by atoms with Crippen molar-refractivity contribution in [2.75, 3.05) is 13.7 Å². The second-order valence-corrected chi connectivity index (χ2v) is 6.57. The van der Waals surface area contributed by atoms with Crippen LogP contribution in [0.1, 0.15) is 6.92 Å². The number of esters is 1. The first-order valence-corrected chi connectivity index (χ1v) is 8.59. The second-order valence-electron chi connectivity index (χ2n) is 5.65. The molecule has 0 saturated carbocycles. The van der Waals surface area contributed by atoms with Crippen LogP contribution in [0, 0.1) is 10.1 Å². The number of hydrogen-bond donors (Lipinski definition) is 2. The highest BCUT2D eigenvalue weighted by molar-refractivity contribution is 9.10. The Hall–Kier alpha value is -2.95. The fraction of sp³-hybridized carbons (Fsp3) is 0.312. The SMILES string of the molecule is COC(=O)[C@H](C)NC(=O)CNC(=O)Cn1cc([N+](=O)[O-])c2ccc(Br)cc21. The molecule has 144 valence electrons. The van der Waals surface area contributed by atoms with E-state index in [1.165, 1.54) is 24.8 Å². The highest BCUT2D eigenvalue weighted by atomic mass is 79.9. The predicted molar refractivity (Wildman–Crippen MR) is 98.9 cm³/mol. The number of fused-ring (bicyclic) bond motifs is 1. The molecule has 1 heterocycles. The Balaban J connectivity index is 2.04. The van der Waals surface area contributed by atoms with Crippen molar-refractivity contribution in [2.45, 2.75) is 19.5 Å². The van der Waals surface area contributed by atoms with E-state index in [1.54, 1.807) is 18.2 Å². The zero-order valence-electron chi connectivity index (χ0n) is 14.5. The third-order valence-electron chi connectivity index (χ3n) is 3.71. The third-order valence-corrected chi connectivity index (χ3v) is 4.21. The lowest BCUT2D eigenvalue weighted by Gasteiger charge is -2.12. The molecule has 2 aromatic rings. The van der Waals surface area contributed by atoms with Crippen molar-refractivity contribution in [3.05, 3.63) is 39.0 Å². The topological polar surface area (TPSA) is 133 Å². The Kier molecular flexibility index (Phi) is 6.50. The number of carbonyl (C=O) groups excluding carboxylic acids is 3. The van der Waals surface area contributed by atoms with Crippen molar-refractivity contribution in [2.24, 2.45) is 0 Å². The van der Waals surface area contributed by atoms with Crippen LogP contribution in [0.4, 0.5) is 5.69 Å². The van der Waals surface area contributed by atoms with Gasteiger partial charge in [0.1, 0.15) is 12.6 Å². The molecular weight excluding hydrogens is 424 g/mol. The fourth-order valence-electron chi connectivity index (χ4n) is 2.44. The first kappa shape index (κ1) is 20.4. The third kappa shape index (κ3) is 5.03. The summed E-state index contributed by atoms with van der Waals surface area (Å²) in [5, 5.41) is 16.4. The number of halogens is 1. The Labute approximate surface area is 162 Å². The van der Waals surface area contributed by atoms with Crippen molar-refractivity contribution in [3.63, 3.8) is 0 Å². The maximum Gasteiger partial charge on any atom is 0.328 e. The zero-order chi connectivity index (χ0) is 20.1. The highest BCUT2D eigenvalue weighted by Crippen LogP contribution is 2.30. The van der Waals surface area contributed by atoms with E-state index < -0.39 is 28.7 Å². The van der Waals surface area contributed by atoms with Crippen LogP contribution in [-0.4, -0.2) is 47.0 Å². The van der Waals surface area contributed by atoms with E-state index in [1.807, 2.05) is 0 Å². The Morgan fingerprint density at radius 3 is 2.67 bits per heavy atom. The molecule has 2 rings (SSSR count). The van der Waals surface area contributed by atoms with E-state index in [0.717, 1.165) is 0 Å². The molecule has 2 N–H and O–H groups in total. The number of nitro groups is 1. The van der Waals surface area contributed by atoms with Crippen LogP contribution in [0.2, 0.25) is 0 Å². The van der Waals surface area contributed by atoms with Crippen molar-refractivity contribution in [3.8, 4) is 0 Å². The predicted octanol–water partition coefficient (Wildman–Crippen LogP) is 1.11. The molecule has 0 saturated heterocycles. The summed E-state index contributed by atoms with van der Waals surface area (Å²) < 4.78 is 6.63. The molecule has 1 aromatic carbocycles. The second kappa shape index (κ2) is 8.62. The summed E-state index contributed by atoms with van der Waals surface area (Å²) in [5.41, 5.74) is 0.393. The Morgan fingerprint density at radius 2 is 2.04 bits per heavy atom. The number of methoxy groups -OCH3 is 1. The molecule has 0 aliphatic carbocycles. The van der Waals surface area contributed by atoms with Gasteiger partial charge in [-0.05, 0) is 25.1 Å². The lowest BCUT2D eigenvalue weighted by atomic mass is 10.2. The minimum absolute atomic E-state index is 0.116. The van der Waals surface area contributed by atoms with Crippen LogP contribution >= 0.6 is 15.9 Å². The number of benzene rings is 1. The van der Waals surface area contributed by atoms with Crippen LogP contribution < -0.4 is 10.6 Å². The van der Waals surface area contributed by atoms with Crippen molar-refractivity contribution >= 4 is 50.3 Å². The normalized spacial score (nSPS) is 11.7. The minimum Gasteiger partial charge on any atom is -0.467 e. The van der Waals surface area contributed by atoms with E-state index in [9.17, 15) is 24.5 Å². The average Bonchev–Trinajstić information content (AvgIpc) is 2.97. The van der Waals surface area contributed by atoms with Crippen molar-refractivity contribution in [1.82, 2.24) is 15.2 Å². The summed E-state index contributed by atoms with van der Waals surface area (Å²) in [6.07, 6.45) is 1.27. The van der Waals surface area contributed by atoms with E-state index in [2.05, 4.69) is 31.3 Å². The van der Waals surface area contributed by atoms with Crippen LogP contribution in [0.3, 0.4) is 0 Å². The van der Waals surface area contributed by atoms with Crippen molar-refractivity contribution < 1.29 is 24.0 Å². The molecule has 10 nitrogen and oxygen atoms in total. The molecule has 1 aromatic heterocycles. The highest BCUT2D eigenvalue weighted by Gasteiger charge is 2.20. The molecule has 2 amide bonds. The molecule has 1 atom stereocenters. The number of nitrogens with zero attached hydrogens (tertiary/aromatic N) is 2. The van der Waals surface area contributed by atoms with Gasteiger partial charge in [-0.1, -0.05) is 15.9 Å². The number of hydrogen-bond acceptors (Lipinski definition) is 6. The maximum atomic E-state index is 12.1. The van der Waals surface area contributed by atoms with E-state index >= 15 is 0 Å². The molecule has 27 heavy (non-hydrogen) atoms. The largest absolute Gasteiger partial charge is 0.467 e. The monoisotopic (exact) mass is 440 g/mol. The lowest BCUT2D eigenvalue weighted by Crippen LogP contribution is -2.44. The van der Waals surface area contributed by atoms with Gasteiger partial charge in [0.05, 0.1) is 35.7 Å². The van der Waals surface area contributed by atoms with Gasteiger partial charge >= 0.3 is 5.97 Å². The van der Waals surface area contributed by atoms with E-state index in [4.69, 9.17) is 0 Å². The Bertz CT molecular complexity index is 910. The van der Waals surface area contributed by atoms with Crippen LogP contribution in [0.25, 0.3) is 10.9 Å². The number of ether oxygens (including phenoxy) is 1. The molecule has 0 aliphatic rings. The molecule has 0 unspecified atom stereocenters. The van der Waals surface area contributed by atoms with E-state index in [-0.39, 0.29) is 18.8 Å². The summed E-state index contributed by atoms with van der Waals surface area (Å²) in [4.78, 5) is 45.8. The minimum atomic E-state index is -0.840. The molecule has 0 aliphatic heterocycles. The zero-order valence-corrected chi connectivity index (χ0v) is 16.1. The summed E-state index contributed by atoms with van der Waals surface area (Å²) in [7, 11) is 1.20. The first-order valence-electron chi connectivity index (χ1n) is 7.79. The van der Waals surface area contributed by atoms with Crippen LogP contribution in [0.15, 0.2) is 28.9 Å². The molecule has 0 radical (unpaired) electrons. The van der Waals surface area contributed by atoms with E-state index in [0.29, 0.717) is 15.4 Å². The van der Waals surface area contributed by atoms with Gasteiger partial charge in [0.15, 0.2) is 0 Å². The Morgan fingerprint density at radius 1 is 1.33 bits per heavy atom. The van der Waals surface area contributed by atoms with Gasteiger partial charge in [-0.25, -0.2) is 4.79 Å². The molecule has 11 heteroatoms. The van der Waals surface area contributed by atoms with Crippen molar-refractivity contribution in [1.29, 1.82) is 0 Å². The standard InChI is InChI=1S/C16H17BrN4O6/c1-9(16(24)27-2)19-14(22)6-18-15(23)8-20-7-13(21(25)26)11-4-3-10(17)5-12(11)20/h3-5,7,9H,6,8H2,1-2H3,(H,18,23)(H,19,22)/t9-/m0/s1. The summed E-state index contributed by atoms with van der Waals surface area (Å²) in [5.74, 6) is -1.68. The summed E-state index contributed by atoms with van der Waals surface area (Å²) >= 11 is 3.29. The summed E-state index contributed by atoms with van der Waals surface area (Å²) in [6.45, 7) is 0.903. The number of rotatable bonds is 7. The van der Waals surface area contributed by atoms with Gasteiger partial charge in [0, 0.05) is 4.47 Å². The van der Waals surface area contributed by atoms with Crippen LogP contribution in [-0.2, 0) is 25.7 Å². The van der Waals surface area contributed by atoms with Gasteiger partial charge in [-0.3, -0.25) is 19.7 Å². The summed E-state index contributed by atoms with van der Waals surface area (Å²) in [6, 6.07) is 4.09. The fourth-order valence-corrected chi connectivity index (χ4v) is 2.79. The number of aromatic nitrogens is 1. The quantitative estimate of drug-likeness (QED) is 0.376. The number of amides is 2. The lowest BCUT2D eigenvalue weighted by molar-refractivity contribution is -0.383. The molecule has 0 bridgehead atoms. The maximum absolute atomic E-state index is 12.1. The number of nitrogens with one attached hydrogen (secondary N) is 2. The average molecular weight is 441 g/mol. The number of carbonyl (C=O) groups is 3. The van der Waals surface area contributed by atoms with Gasteiger partial charge in [-0.2, -0.15) is 0 Å². The molecular formula is C16H17BrN4O6. The first-order chi connectivity index (χ1) is 12.7. The molecule has 0 fully saturated rings. The van der Waals surface area contributed by atoms with Crippen LogP contribution in [0.5, 0.6) is 0 Å². The van der Waals surface area contributed by atoms with Gasteiger partial charge in [-0.15, -0.1) is 0 Å². The van der Waals surface area contributed by atoms with Gasteiger partial charge < -0.3 is 19.9 Å².